The van der Waals surface area contributed by atoms with Gasteiger partial charge in [0.1, 0.15) is 5.00 Å². The molecule has 0 radical (unpaired) electrons. The summed E-state index contributed by atoms with van der Waals surface area (Å²) in [6.07, 6.45) is 0.741. The van der Waals surface area contributed by atoms with Gasteiger partial charge in [0.2, 0.25) is 0 Å². The van der Waals surface area contributed by atoms with Crippen molar-refractivity contribution in [1.29, 1.82) is 0 Å². The molecule has 0 fully saturated rings. The number of thiocarbonyl (C=S) groups is 1. The molecule has 0 saturated carbocycles. The first-order valence-electron chi connectivity index (χ1n) is 10.8. The lowest BCUT2D eigenvalue weighted by Gasteiger charge is -2.21. The van der Waals surface area contributed by atoms with Crippen molar-refractivity contribution in [2.75, 3.05) is 17.7 Å². The van der Waals surface area contributed by atoms with Crippen LogP contribution in [0, 0.1) is 0 Å². The van der Waals surface area contributed by atoms with Crippen LogP contribution in [0.25, 0.3) is 0 Å². The molecule has 0 spiro atoms. The highest BCUT2D eigenvalue weighted by atomic mass is 32.1. The molecule has 6 heteroatoms. The van der Waals surface area contributed by atoms with Gasteiger partial charge < -0.3 is 15.4 Å². The zero-order valence-corrected chi connectivity index (χ0v) is 20.8. The third-order valence-corrected chi connectivity index (χ3v) is 6.50. The van der Waals surface area contributed by atoms with Crippen molar-refractivity contribution in [2.45, 2.75) is 46.0 Å². The zero-order valence-electron chi connectivity index (χ0n) is 19.2. The lowest BCUT2D eigenvalue weighted by Crippen LogP contribution is -2.22. The Morgan fingerprint density at radius 3 is 2.16 bits per heavy atom. The summed E-state index contributed by atoms with van der Waals surface area (Å²) in [6, 6.07) is 18.4. The second-order valence-electron chi connectivity index (χ2n) is 8.31. The minimum absolute atomic E-state index is 0.351. The molecule has 1 heterocycles. The third-order valence-electron chi connectivity index (χ3n) is 5.25. The number of carbonyl (C=O) groups is 1. The Hall–Kier alpha value is -2.70. The number of nitrogens with one attached hydrogen (secondary N) is 2. The highest BCUT2D eigenvalue weighted by Crippen LogP contribution is 2.34. The van der Waals surface area contributed by atoms with Crippen LogP contribution in [-0.2, 0) is 11.2 Å². The molecule has 0 saturated heterocycles. The summed E-state index contributed by atoms with van der Waals surface area (Å²) in [5.41, 5.74) is 5.14. The van der Waals surface area contributed by atoms with Crippen molar-refractivity contribution in [2.24, 2.45) is 0 Å². The number of hydrogen-bond acceptors (Lipinski definition) is 4. The van der Waals surface area contributed by atoms with E-state index in [0.29, 0.717) is 27.5 Å². The van der Waals surface area contributed by atoms with Gasteiger partial charge in [0.25, 0.3) is 0 Å². The van der Waals surface area contributed by atoms with Crippen molar-refractivity contribution in [3.8, 4) is 0 Å². The van der Waals surface area contributed by atoms with Gasteiger partial charge in [-0.1, -0.05) is 76.2 Å². The van der Waals surface area contributed by atoms with Crippen molar-refractivity contribution in [1.82, 2.24) is 0 Å². The number of carbonyl (C=O) groups excluding carboxylic acids is 1. The Bertz CT molecular complexity index is 1060. The smallest absolute Gasteiger partial charge is 0.340 e. The number of rotatable bonds is 7. The van der Waals surface area contributed by atoms with Crippen molar-refractivity contribution in [3.05, 3.63) is 81.7 Å². The van der Waals surface area contributed by atoms with Crippen LogP contribution in [0.4, 0.5) is 10.7 Å². The first kappa shape index (κ1) is 24.0. The molecule has 1 aromatic heterocycles. The molecule has 2 aromatic carbocycles. The van der Waals surface area contributed by atoms with E-state index < -0.39 is 0 Å². The van der Waals surface area contributed by atoms with Crippen LogP contribution in [0.15, 0.2) is 54.6 Å². The second-order valence-corrected chi connectivity index (χ2v) is 9.85. The molecule has 168 valence electrons. The number of anilines is 2. The molecule has 0 bridgehead atoms. The molecular formula is C26H30N2O2S2. The Kier molecular flexibility index (Phi) is 8.04. The molecule has 3 rings (SSSR count). The maximum Gasteiger partial charge on any atom is 0.340 e. The summed E-state index contributed by atoms with van der Waals surface area (Å²) in [6.45, 7) is 8.69. The summed E-state index contributed by atoms with van der Waals surface area (Å²) in [5.74, 6) is 0.323. The average molecular weight is 467 g/mol. The molecule has 32 heavy (non-hydrogen) atoms. The lowest BCUT2D eigenvalue weighted by atomic mass is 9.93. The van der Waals surface area contributed by atoms with Gasteiger partial charge >= 0.3 is 5.97 Å². The van der Waals surface area contributed by atoms with E-state index in [4.69, 9.17) is 17.0 Å². The summed E-state index contributed by atoms with van der Waals surface area (Å²) < 4.78 is 5.01. The molecule has 3 aromatic rings. The van der Waals surface area contributed by atoms with Gasteiger partial charge in [0, 0.05) is 17.0 Å². The average Bonchev–Trinajstić information content (AvgIpc) is 3.15. The number of esters is 1. The standard InChI is InChI=1S/C26H30N2O2S2/c1-16(2)20-12-9-13-21(17(3)4)23(20)27-26(31)28-24-22(25(29)30-5)15-19(32-24)14-18-10-7-6-8-11-18/h6-13,15-17H,14H2,1-5H3,(H2,27,28,31). The van der Waals surface area contributed by atoms with E-state index in [1.807, 2.05) is 24.3 Å². The predicted octanol–water partition coefficient (Wildman–Crippen LogP) is 7.18. The molecule has 0 unspecified atom stereocenters. The largest absolute Gasteiger partial charge is 0.465 e. The fourth-order valence-electron chi connectivity index (χ4n) is 3.62. The molecule has 0 aliphatic heterocycles. The normalized spacial score (nSPS) is 11.0. The molecule has 4 nitrogen and oxygen atoms in total. The number of hydrogen-bond donors (Lipinski definition) is 2. The summed E-state index contributed by atoms with van der Waals surface area (Å²) in [7, 11) is 1.39. The lowest BCUT2D eigenvalue weighted by molar-refractivity contribution is 0.0602. The second kappa shape index (κ2) is 10.7. The van der Waals surface area contributed by atoms with Crippen molar-refractivity contribution < 1.29 is 9.53 Å². The Balaban J connectivity index is 1.87. The van der Waals surface area contributed by atoms with E-state index in [9.17, 15) is 4.79 Å². The molecular weight excluding hydrogens is 436 g/mol. The van der Waals surface area contributed by atoms with Crippen LogP contribution in [0.5, 0.6) is 0 Å². The Morgan fingerprint density at radius 1 is 0.969 bits per heavy atom. The van der Waals surface area contributed by atoms with E-state index in [1.165, 1.54) is 35.1 Å². The van der Waals surface area contributed by atoms with Crippen LogP contribution in [-0.4, -0.2) is 18.2 Å². The Labute approximate surface area is 200 Å². The maximum atomic E-state index is 12.4. The minimum Gasteiger partial charge on any atom is -0.465 e. The fourth-order valence-corrected chi connectivity index (χ4v) is 4.98. The highest BCUT2D eigenvalue weighted by Gasteiger charge is 2.19. The molecule has 2 N–H and O–H groups in total. The van der Waals surface area contributed by atoms with Gasteiger partial charge in [-0.3, -0.25) is 0 Å². The van der Waals surface area contributed by atoms with Gasteiger partial charge in [-0.2, -0.15) is 0 Å². The predicted molar refractivity (Wildman–Crippen MR) is 139 cm³/mol. The van der Waals surface area contributed by atoms with Gasteiger partial charge in [-0.25, -0.2) is 4.79 Å². The van der Waals surface area contributed by atoms with Crippen LogP contribution >= 0.6 is 23.6 Å². The molecule has 0 aliphatic carbocycles. The van der Waals surface area contributed by atoms with E-state index in [-0.39, 0.29) is 5.97 Å². The van der Waals surface area contributed by atoms with Crippen molar-refractivity contribution >= 4 is 45.3 Å². The van der Waals surface area contributed by atoms with Gasteiger partial charge in [0.05, 0.1) is 12.7 Å². The summed E-state index contributed by atoms with van der Waals surface area (Å²) in [4.78, 5) is 13.5. The van der Waals surface area contributed by atoms with Gasteiger partial charge in [-0.05, 0) is 46.8 Å². The zero-order chi connectivity index (χ0) is 23.3. The topological polar surface area (TPSA) is 50.4 Å². The van der Waals surface area contributed by atoms with E-state index >= 15 is 0 Å². The van der Waals surface area contributed by atoms with Gasteiger partial charge in [0.15, 0.2) is 5.11 Å². The number of thiophene rings is 1. The summed E-state index contributed by atoms with van der Waals surface area (Å²) in [5, 5.41) is 7.80. The van der Waals surface area contributed by atoms with Crippen LogP contribution in [0.2, 0.25) is 0 Å². The highest BCUT2D eigenvalue weighted by molar-refractivity contribution is 7.80. The van der Waals surface area contributed by atoms with Crippen molar-refractivity contribution in [3.63, 3.8) is 0 Å². The van der Waals surface area contributed by atoms with Crippen LogP contribution < -0.4 is 10.6 Å². The number of para-hydroxylation sites is 1. The SMILES string of the molecule is COC(=O)c1cc(Cc2ccccc2)sc1NC(=S)Nc1c(C(C)C)cccc1C(C)C. The van der Waals surface area contributed by atoms with E-state index in [0.717, 1.165) is 17.0 Å². The van der Waals surface area contributed by atoms with Gasteiger partial charge in [-0.15, -0.1) is 11.3 Å². The first-order chi connectivity index (χ1) is 15.3. The fraction of sp³-hybridized carbons (Fsp3) is 0.308. The number of ether oxygens (including phenoxy) is 1. The molecule has 0 aliphatic rings. The van der Waals surface area contributed by atoms with E-state index in [2.05, 4.69) is 68.7 Å². The van der Waals surface area contributed by atoms with Crippen LogP contribution in [0.1, 0.15) is 71.5 Å². The van der Waals surface area contributed by atoms with Crippen LogP contribution in [0.3, 0.4) is 0 Å². The molecule has 0 amide bonds. The van der Waals surface area contributed by atoms with E-state index in [1.54, 1.807) is 0 Å². The third kappa shape index (κ3) is 5.75. The first-order valence-corrected chi connectivity index (χ1v) is 12.0. The minimum atomic E-state index is -0.378. The number of methoxy groups -OCH3 is 1. The quantitative estimate of drug-likeness (QED) is 0.285. The maximum absolute atomic E-state index is 12.4. The number of benzene rings is 2. The molecule has 0 atom stereocenters. The summed E-state index contributed by atoms with van der Waals surface area (Å²) >= 11 is 7.18. The Morgan fingerprint density at radius 2 is 1.59 bits per heavy atom. The monoisotopic (exact) mass is 466 g/mol.